The molecule has 0 radical (unpaired) electrons. The summed E-state index contributed by atoms with van der Waals surface area (Å²) in [7, 11) is 1.59. The van der Waals surface area contributed by atoms with Gasteiger partial charge in [-0.15, -0.1) is 0 Å². The van der Waals surface area contributed by atoms with Gasteiger partial charge in [-0.3, -0.25) is 14.5 Å². The number of hydrogen-bond acceptors (Lipinski definition) is 3. The van der Waals surface area contributed by atoms with Crippen molar-refractivity contribution in [1.82, 2.24) is 15.1 Å². The van der Waals surface area contributed by atoms with Crippen molar-refractivity contribution in [1.29, 1.82) is 0 Å². The quantitative estimate of drug-likeness (QED) is 0.769. The van der Waals surface area contributed by atoms with E-state index in [-0.39, 0.29) is 37.4 Å². The van der Waals surface area contributed by atoms with Gasteiger partial charge in [0.15, 0.2) is 0 Å². The minimum Gasteiger partial charge on any atom is -0.356 e. The zero-order valence-corrected chi connectivity index (χ0v) is 13.8. The van der Waals surface area contributed by atoms with Crippen LogP contribution in [0.1, 0.15) is 18.4 Å². The Balaban J connectivity index is 1.64. The first kappa shape index (κ1) is 17.3. The number of imide groups is 1. The number of likely N-dealkylation sites (N-methyl/N-ethyl adjacent to an activating group) is 1. The van der Waals surface area contributed by atoms with E-state index in [9.17, 15) is 14.4 Å². The molecule has 124 valence electrons. The highest BCUT2D eigenvalue weighted by Crippen LogP contribution is 2.11. The standard InChI is InChI=1S/C16H20ClN3O3/c1-19-11-15(22)20(16(19)23)9-3-6-14(21)18-8-7-12-4-2-5-13(17)10-12/h2,4-5,10H,3,6-9,11H2,1H3,(H,18,21). The third-order valence-electron chi connectivity index (χ3n) is 3.64. The molecule has 0 spiro atoms. The van der Waals surface area contributed by atoms with Crippen molar-refractivity contribution in [3.05, 3.63) is 34.9 Å². The third-order valence-corrected chi connectivity index (χ3v) is 3.88. The van der Waals surface area contributed by atoms with Crippen molar-refractivity contribution in [2.75, 3.05) is 26.7 Å². The molecular weight excluding hydrogens is 318 g/mol. The third kappa shape index (κ3) is 4.96. The van der Waals surface area contributed by atoms with E-state index in [2.05, 4.69) is 5.32 Å². The Morgan fingerprint density at radius 1 is 1.35 bits per heavy atom. The Hall–Kier alpha value is -2.08. The van der Waals surface area contributed by atoms with Crippen LogP contribution in [0.15, 0.2) is 24.3 Å². The van der Waals surface area contributed by atoms with Gasteiger partial charge in [0.1, 0.15) is 6.54 Å². The summed E-state index contributed by atoms with van der Waals surface area (Å²) in [5.41, 5.74) is 1.06. The van der Waals surface area contributed by atoms with Gasteiger partial charge in [-0.25, -0.2) is 4.79 Å². The highest BCUT2D eigenvalue weighted by Gasteiger charge is 2.32. The summed E-state index contributed by atoms with van der Waals surface area (Å²) in [5, 5.41) is 3.51. The van der Waals surface area contributed by atoms with Crippen LogP contribution < -0.4 is 5.32 Å². The van der Waals surface area contributed by atoms with Crippen LogP contribution in [0, 0.1) is 0 Å². The number of urea groups is 1. The molecule has 0 saturated carbocycles. The van der Waals surface area contributed by atoms with E-state index >= 15 is 0 Å². The minimum atomic E-state index is -0.295. The maximum atomic E-state index is 11.8. The molecule has 2 rings (SSSR count). The van der Waals surface area contributed by atoms with Crippen LogP contribution in [0.25, 0.3) is 0 Å². The predicted octanol–water partition coefficient (Wildman–Crippen LogP) is 1.67. The molecule has 23 heavy (non-hydrogen) atoms. The summed E-state index contributed by atoms with van der Waals surface area (Å²) in [4.78, 5) is 37.6. The second-order valence-electron chi connectivity index (χ2n) is 5.52. The molecule has 1 aromatic rings. The minimum absolute atomic E-state index is 0.0838. The molecule has 1 aliphatic heterocycles. The molecule has 0 aromatic heterocycles. The van der Waals surface area contributed by atoms with Crippen molar-refractivity contribution in [3.8, 4) is 0 Å². The first-order valence-electron chi connectivity index (χ1n) is 7.54. The molecular formula is C16H20ClN3O3. The Morgan fingerprint density at radius 2 is 2.13 bits per heavy atom. The summed E-state index contributed by atoms with van der Waals surface area (Å²) in [5.74, 6) is -0.293. The van der Waals surface area contributed by atoms with Crippen LogP contribution in [0.4, 0.5) is 4.79 Å². The van der Waals surface area contributed by atoms with Crippen molar-refractivity contribution >= 4 is 29.4 Å². The number of halogens is 1. The smallest absolute Gasteiger partial charge is 0.326 e. The summed E-state index contributed by atoms with van der Waals surface area (Å²) in [6, 6.07) is 7.22. The van der Waals surface area contributed by atoms with Crippen LogP contribution in [0.2, 0.25) is 5.02 Å². The van der Waals surface area contributed by atoms with Gasteiger partial charge in [-0.05, 0) is 30.5 Å². The molecule has 1 aliphatic rings. The molecule has 0 aliphatic carbocycles. The Morgan fingerprint density at radius 3 is 2.78 bits per heavy atom. The van der Waals surface area contributed by atoms with Crippen molar-refractivity contribution < 1.29 is 14.4 Å². The summed E-state index contributed by atoms with van der Waals surface area (Å²) in [6.45, 7) is 0.928. The number of nitrogens with zero attached hydrogens (tertiary/aromatic N) is 2. The molecule has 1 N–H and O–H groups in total. The highest BCUT2D eigenvalue weighted by molar-refractivity contribution is 6.30. The van der Waals surface area contributed by atoms with Gasteiger partial charge in [0.05, 0.1) is 0 Å². The number of rotatable bonds is 7. The molecule has 1 heterocycles. The predicted molar refractivity (Wildman–Crippen MR) is 87.1 cm³/mol. The highest BCUT2D eigenvalue weighted by atomic mass is 35.5. The molecule has 1 saturated heterocycles. The topological polar surface area (TPSA) is 69.7 Å². The first-order valence-corrected chi connectivity index (χ1v) is 7.92. The average Bonchev–Trinajstić information content (AvgIpc) is 2.73. The van der Waals surface area contributed by atoms with Gasteiger partial charge in [0.2, 0.25) is 11.8 Å². The Bertz CT molecular complexity index is 606. The van der Waals surface area contributed by atoms with Crippen LogP contribution in [-0.2, 0) is 16.0 Å². The molecule has 0 unspecified atom stereocenters. The number of amides is 4. The average molecular weight is 338 g/mol. The summed E-state index contributed by atoms with van der Waals surface area (Å²) >= 11 is 5.90. The van der Waals surface area contributed by atoms with Crippen molar-refractivity contribution in [2.45, 2.75) is 19.3 Å². The molecule has 7 heteroatoms. The lowest BCUT2D eigenvalue weighted by Crippen LogP contribution is -2.33. The largest absolute Gasteiger partial charge is 0.356 e. The molecule has 0 bridgehead atoms. The van der Waals surface area contributed by atoms with Gasteiger partial charge < -0.3 is 10.2 Å². The van der Waals surface area contributed by atoms with Gasteiger partial charge in [0, 0.05) is 31.6 Å². The maximum absolute atomic E-state index is 11.8. The van der Waals surface area contributed by atoms with Crippen molar-refractivity contribution in [3.63, 3.8) is 0 Å². The normalized spacial score (nSPS) is 14.5. The Kier molecular flexibility index (Phi) is 5.98. The van der Waals surface area contributed by atoms with Crippen LogP contribution in [0.3, 0.4) is 0 Å². The van der Waals surface area contributed by atoms with Gasteiger partial charge >= 0.3 is 6.03 Å². The number of nitrogens with one attached hydrogen (secondary N) is 1. The SMILES string of the molecule is CN1CC(=O)N(CCCC(=O)NCCc2cccc(Cl)c2)C1=O. The zero-order chi connectivity index (χ0) is 16.8. The zero-order valence-electron chi connectivity index (χ0n) is 13.0. The molecule has 0 atom stereocenters. The van der Waals surface area contributed by atoms with Gasteiger partial charge in [0.25, 0.3) is 0 Å². The summed E-state index contributed by atoms with van der Waals surface area (Å²) < 4.78 is 0. The molecule has 1 aromatic carbocycles. The van der Waals surface area contributed by atoms with E-state index in [1.165, 1.54) is 9.80 Å². The maximum Gasteiger partial charge on any atom is 0.326 e. The molecule has 6 nitrogen and oxygen atoms in total. The summed E-state index contributed by atoms with van der Waals surface area (Å²) in [6.07, 6.45) is 1.46. The number of hydrogen-bond donors (Lipinski definition) is 1. The van der Waals surface area contributed by atoms with Gasteiger partial charge in [-0.2, -0.15) is 0 Å². The lowest BCUT2D eigenvalue weighted by molar-refractivity contribution is -0.126. The van der Waals surface area contributed by atoms with E-state index in [0.717, 1.165) is 5.56 Å². The lowest BCUT2D eigenvalue weighted by atomic mass is 10.1. The lowest BCUT2D eigenvalue weighted by Gasteiger charge is -2.13. The second-order valence-corrected chi connectivity index (χ2v) is 5.95. The van der Waals surface area contributed by atoms with E-state index in [1.807, 2.05) is 24.3 Å². The van der Waals surface area contributed by atoms with Crippen LogP contribution in [0.5, 0.6) is 0 Å². The fourth-order valence-corrected chi connectivity index (χ4v) is 2.63. The van der Waals surface area contributed by atoms with Crippen molar-refractivity contribution in [2.24, 2.45) is 0 Å². The molecule has 4 amide bonds. The van der Waals surface area contributed by atoms with Crippen LogP contribution in [-0.4, -0.2) is 54.3 Å². The van der Waals surface area contributed by atoms with E-state index < -0.39 is 0 Å². The van der Waals surface area contributed by atoms with E-state index in [1.54, 1.807) is 7.05 Å². The molecule has 1 fully saturated rings. The number of benzene rings is 1. The van der Waals surface area contributed by atoms with E-state index in [0.29, 0.717) is 24.4 Å². The number of carbonyl (C=O) groups excluding carboxylic acids is 3. The van der Waals surface area contributed by atoms with Crippen LogP contribution >= 0.6 is 11.6 Å². The monoisotopic (exact) mass is 337 g/mol. The fraction of sp³-hybridized carbons (Fsp3) is 0.438. The number of carbonyl (C=O) groups is 3. The fourth-order valence-electron chi connectivity index (χ4n) is 2.41. The Labute approximate surface area is 140 Å². The van der Waals surface area contributed by atoms with Gasteiger partial charge in [-0.1, -0.05) is 23.7 Å². The van der Waals surface area contributed by atoms with E-state index in [4.69, 9.17) is 11.6 Å². The second kappa shape index (κ2) is 7.97. The first-order chi connectivity index (χ1) is 11.0.